The number of nitrogen functional groups attached to an aromatic ring is 1. The molecule has 38 heavy (non-hydrogen) atoms. The van der Waals surface area contributed by atoms with E-state index in [0.717, 1.165) is 19.3 Å². The molecule has 0 radical (unpaired) electrons. The van der Waals surface area contributed by atoms with Crippen molar-refractivity contribution < 1.29 is 17.9 Å². The highest BCUT2D eigenvalue weighted by molar-refractivity contribution is 7.90. The lowest BCUT2D eigenvalue weighted by Gasteiger charge is -2.25. The minimum atomic E-state index is -4.28. The Morgan fingerprint density at radius 2 is 2.05 bits per heavy atom. The number of pyridine rings is 3. The molecular formula is C26H28N7O4S+. The molecular weight excluding hydrogens is 506 g/mol. The Balaban J connectivity index is 1.54. The second-order valence-electron chi connectivity index (χ2n) is 9.47. The van der Waals surface area contributed by atoms with Crippen LogP contribution in [-0.4, -0.2) is 47.1 Å². The Morgan fingerprint density at radius 3 is 2.68 bits per heavy atom. The van der Waals surface area contributed by atoms with E-state index in [4.69, 9.17) is 15.5 Å². The predicted octanol–water partition coefficient (Wildman–Crippen LogP) is 3.45. The molecule has 3 aromatic heterocycles. The average Bonchev–Trinajstić information content (AvgIpc) is 3.56. The molecule has 0 aliphatic carbocycles. The molecule has 0 saturated carbocycles. The molecule has 1 fully saturated rings. The third-order valence-electron chi connectivity index (χ3n) is 6.41. The molecule has 1 amide bonds. The molecule has 1 spiro atoms. The van der Waals surface area contributed by atoms with Crippen molar-refractivity contribution in [2.24, 2.45) is 0 Å². The summed E-state index contributed by atoms with van der Waals surface area (Å²) in [6, 6.07) is 14.1. The number of carbonyl (C=O) groups excluding carboxylic acids is 1. The minimum Gasteiger partial charge on any atom is -0.475 e. The van der Waals surface area contributed by atoms with Crippen LogP contribution in [0.3, 0.4) is 0 Å². The molecule has 5 heterocycles. The smallest absolute Gasteiger partial charge is 0.475 e. The second-order valence-corrected chi connectivity index (χ2v) is 11.1. The number of carbonyl (C=O) groups is 1. The first kappa shape index (κ1) is 25.4. The number of rotatable bonds is 8. The summed E-state index contributed by atoms with van der Waals surface area (Å²) in [5.41, 5.74) is 6.36. The first-order valence-corrected chi connectivity index (χ1v) is 13.8. The van der Waals surface area contributed by atoms with Crippen LogP contribution >= 0.6 is 0 Å². The Kier molecular flexibility index (Phi) is 6.40. The van der Waals surface area contributed by atoms with Crippen LogP contribution in [0.25, 0.3) is 16.1 Å². The maximum Gasteiger partial charge on any atom is 0.486 e. The van der Waals surface area contributed by atoms with Gasteiger partial charge < -0.3 is 10.5 Å². The van der Waals surface area contributed by atoms with E-state index in [1.165, 1.54) is 18.2 Å². The summed E-state index contributed by atoms with van der Waals surface area (Å²) in [6.45, 7) is 5.89. The standard InChI is InChI=1S/C26H27N7O4S/c1-4-18-12-13-26(15-29-26)33(18)24-19(25(34)32-38(35,36)23-7-5-6-21(27)31-23)9-10-20(30-24)17-8-11-22(28-14-17)37-16(2)3/h5-11,14,16,18H,4,12-13H2,1-3H3,(H2-,27,31,32,34)/p+1/t18-,26+/m0/s1. The lowest BCUT2D eigenvalue weighted by atomic mass is 10.1. The van der Waals surface area contributed by atoms with Crippen molar-refractivity contribution in [2.75, 3.05) is 10.6 Å². The minimum absolute atomic E-state index is 0.0122. The number of anilines is 2. The topological polar surface area (TPSA) is 145 Å². The van der Waals surface area contributed by atoms with Gasteiger partial charge in [-0.15, -0.1) is 0 Å². The van der Waals surface area contributed by atoms with Crippen molar-refractivity contribution in [3.8, 4) is 23.2 Å². The number of hydrogen-bond acceptors (Lipinski definition) is 9. The van der Waals surface area contributed by atoms with Crippen LogP contribution in [0.5, 0.6) is 5.88 Å². The summed E-state index contributed by atoms with van der Waals surface area (Å²) >= 11 is 0. The van der Waals surface area contributed by atoms with Gasteiger partial charge in [0.2, 0.25) is 5.88 Å². The first-order valence-electron chi connectivity index (χ1n) is 12.3. The zero-order chi connectivity index (χ0) is 27.1. The van der Waals surface area contributed by atoms with Crippen LogP contribution in [0.15, 0.2) is 53.7 Å². The van der Waals surface area contributed by atoms with Crippen molar-refractivity contribution in [2.45, 2.75) is 62.9 Å². The molecule has 2 aliphatic heterocycles. The summed E-state index contributed by atoms with van der Waals surface area (Å²) < 4.78 is 33.6. The Hall–Kier alpha value is -4.24. The lowest BCUT2D eigenvalue weighted by Crippen LogP contribution is -2.42. The Bertz CT molecular complexity index is 1550. The van der Waals surface area contributed by atoms with E-state index in [0.29, 0.717) is 23.0 Å². The third kappa shape index (κ3) is 4.84. The van der Waals surface area contributed by atoms with Crippen LogP contribution in [0.2, 0.25) is 0 Å². The maximum atomic E-state index is 13.4. The number of amides is 1. The Morgan fingerprint density at radius 1 is 1.26 bits per heavy atom. The van der Waals surface area contributed by atoms with Crippen molar-refractivity contribution >= 4 is 27.6 Å². The summed E-state index contributed by atoms with van der Waals surface area (Å²) in [7, 11) is -4.28. The van der Waals surface area contributed by atoms with Crippen molar-refractivity contribution in [1.29, 1.82) is 0 Å². The molecule has 5 rings (SSSR count). The molecule has 3 aromatic rings. The summed E-state index contributed by atoms with van der Waals surface area (Å²) in [5, 5.41) is -0.352. The highest BCUT2D eigenvalue weighted by atomic mass is 32.2. The fraction of sp³-hybridized carbons (Fsp3) is 0.346. The monoisotopic (exact) mass is 534 g/mol. The molecule has 12 heteroatoms. The van der Waals surface area contributed by atoms with Gasteiger partial charge in [0.15, 0.2) is 5.03 Å². The molecule has 0 bridgehead atoms. The van der Waals surface area contributed by atoms with Crippen molar-refractivity contribution in [3.05, 3.63) is 59.1 Å². The van der Waals surface area contributed by atoms with Gasteiger partial charge in [-0.05, 0) is 61.9 Å². The van der Waals surface area contributed by atoms with Crippen LogP contribution in [0.1, 0.15) is 50.4 Å². The van der Waals surface area contributed by atoms with Gasteiger partial charge >= 0.3 is 11.7 Å². The van der Waals surface area contributed by atoms with E-state index in [2.05, 4.69) is 32.5 Å². The molecule has 2 atom stereocenters. The van der Waals surface area contributed by atoms with Gasteiger partial charge in [0.1, 0.15) is 11.6 Å². The van der Waals surface area contributed by atoms with Gasteiger partial charge in [0.25, 0.3) is 15.9 Å². The molecule has 0 unspecified atom stereocenters. The Labute approximate surface area is 220 Å². The summed E-state index contributed by atoms with van der Waals surface area (Å²) in [5.74, 6) is 0.0125. The zero-order valence-corrected chi connectivity index (χ0v) is 22.1. The van der Waals surface area contributed by atoms with Crippen LogP contribution in [0, 0.1) is 6.07 Å². The van der Waals surface area contributed by atoms with Gasteiger partial charge in [-0.1, -0.05) is 13.0 Å². The fourth-order valence-corrected chi connectivity index (χ4v) is 5.50. The number of hydrogen-bond donors (Lipinski definition) is 2. The van der Waals surface area contributed by atoms with E-state index in [1.807, 2.05) is 24.8 Å². The van der Waals surface area contributed by atoms with Crippen LogP contribution in [-0.2, 0) is 10.0 Å². The van der Waals surface area contributed by atoms with E-state index in [-0.39, 0.29) is 28.6 Å². The van der Waals surface area contributed by atoms with Gasteiger partial charge in [-0.3, -0.25) is 9.69 Å². The highest BCUT2D eigenvalue weighted by Crippen LogP contribution is 2.46. The molecule has 2 aliphatic rings. The SMILES string of the molecule is CC[C@H]1CC[C@]2(C#[N+]2)N1c1nc(-c2ccc(OC(C)C)nc2)ccc1C(=O)NS(=O)(=O)c1cccc(N)n1. The number of nitrogens with zero attached hydrogens (tertiary/aromatic N) is 5. The van der Waals surface area contributed by atoms with Crippen LogP contribution in [0.4, 0.5) is 11.6 Å². The van der Waals surface area contributed by atoms with E-state index >= 15 is 0 Å². The van der Waals surface area contributed by atoms with Crippen molar-refractivity contribution in [1.82, 2.24) is 19.7 Å². The predicted molar refractivity (Wildman–Crippen MR) is 142 cm³/mol. The molecule has 11 nitrogen and oxygen atoms in total. The summed E-state index contributed by atoms with van der Waals surface area (Å²) in [6.07, 6.45) is 4.01. The van der Waals surface area contributed by atoms with E-state index < -0.39 is 21.6 Å². The van der Waals surface area contributed by atoms with Gasteiger partial charge in [-0.25, -0.2) is 19.7 Å². The molecule has 3 N–H and O–H groups in total. The van der Waals surface area contributed by atoms with Gasteiger partial charge in [0, 0.05) is 23.9 Å². The van der Waals surface area contributed by atoms with E-state index in [1.54, 1.807) is 24.4 Å². The molecule has 0 aromatic carbocycles. The van der Waals surface area contributed by atoms with Crippen LogP contribution < -0.4 is 20.1 Å². The number of sulfonamides is 1. The number of aromatic nitrogens is 3. The quantitative estimate of drug-likeness (QED) is 0.444. The summed E-state index contributed by atoms with van der Waals surface area (Å²) in [4.78, 5) is 32.8. The number of nitrogens with two attached hydrogens (primary N) is 1. The lowest BCUT2D eigenvalue weighted by molar-refractivity contribution is 0.0981. The van der Waals surface area contributed by atoms with Gasteiger partial charge in [-0.2, -0.15) is 8.42 Å². The second kappa shape index (κ2) is 9.57. The third-order valence-corrected chi connectivity index (χ3v) is 7.65. The molecule has 1 saturated heterocycles. The largest absolute Gasteiger partial charge is 0.486 e. The number of nitrogens with one attached hydrogen (secondary N) is 1. The maximum absolute atomic E-state index is 13.4. The van der Waals surface area contributed by atoms with E-state index in [9.17, 15) is 13.2 Å². The van der Waals surface area contributed by atoms with Crippen molar-refractivity contribution in [3.63, 3.8) is 0 Å². The zero-order valence-electron chi connectivity index (χ0n) is 21.2. The highest BCUT2D eigenvalue weighted by Gasteiger charge is 2.68. The average molecular weight is 535 g/mol. The first-order chi connectivity index (χ1) is 18.1. The number of ether oxygens (including phenoxy) is 1. The fourth-order valence-electron chi connectivity index (χ4n) is 4.56. The molecule has 196 valence electrons. The van der Waals surface area contributed by atoms with Gasteiger partial charge in [0.05, 0.1) is 23.8 Å². The normalized spacial score (nSPS) is 19.8.